The number of nitrogens with one attached hydrogen (secondary N) is 3. The number of aryl methyl sites for hydroxylation is 1. The van der Waals surface area contributed by atoms with Crippen molar-refractivity contribution in [2.75, 3.05) is 39.3 Å². The molecule has 67 heavy (non-hydrogen) atoms. The molecule has 4 amide bonds. The molecule has 4 fully saturated rings. The molecule has 7 heterocycles. The maximum atomic E-state index is 14.8. The van der Waals surface area contributed by atoms with Gasteiger partial charge in [-0.1, -0.05) is 53.7 Å². The molecule has 1 spiro atoms. The Morgan fingerprint density at radius 2 is 1.78 bits per heavy atom. The molecule has 0 aliphatic carbocycles. The van der Waals surface area contributed by atoms with E-state index in [0.29, 0.717) is 76.9 Å². The average molecular weight is 915 g/mol. The summed E-state index contributed by atoms with van der Waals surface area (Å²) >= 11 is 0. The number of rotatable bonds is 8. The number of cyclic esters (lactones) is 1. The van der Waals surface area contributed by atoms with Gasteiger partial charge in [-0.3, -0.25) is 34.0 Å². The summed E-state index contributed by atoms with van der Waals surface area (Å²) in [6.07, 6.45) is 4.50. The van der Waals surface area contributed by atoms with Crippen molar-refractivity contribution in [2.45, 2.75) is 124 Å². The summed E-state index contributed by atoms with van der Waals surface area (Å²) in [4.78, 5) is 79.1. The van der Waals surface area contributed by atoms with Gasteiger partial charge < -0.3 is 34.8 Å². The first kappa shape index (κ1) is 46.3. The standard InChI is InChI=1S/C52H66N8O7/c1-8-58-42-14-13-33-25-37(42)38(45(58)36-11-9-17-53-43(36)30(2)3)26-51(6,7)29-67-49(65)39-12-10-18-60(56-39)48(64)40(23-32-21-34(33)24-35(61)22-32)55-46(62)44(31(4)5)59-20-16-52(50(59)66)15-19-57(28-52)47(63)41-27-54-41/h9,11,13-14,17,21-22,24-25,30-31,39-41,44,54,56,61H,8,10,12,15-16,18-20,23,26-29H2,1-7H3,(H,55,62)/t39-,40-,41+,44-,52?/m0/s1. The van der Waals surface area contributed by atoms with Crippen molar-refractivity contribution in [1.29, 1.82) is 0 Å². The highest BCUT2D eigenvalue weighted by atomic mass is 16.5. The minimum absolute atomic E-state index is 0.0121. The zero-order chi connectivity index (χ0) is 47.5. The van der Waals surface area contributed by atoms with Crippen LogP contribution in [0.5, 0.6) is 5.75 Å². The maximum Gasteiger partial charge on any atom is 0.324 e. The molecule has 6 bridgehead atoms. The zero-order valence-electron chi connectivity index (χ0n) is 40.0. The van der Waals surface area contributed by atoms with E-state index in [1.165, 1.54) is 5.01 Å². The topological polar surface area (TPSA) is 188 Å². The number of aromatic hydroxyl groups is 1. The highest BCUT2D eigenvalue weighted by Crippen LogP contribution is 2.44. The van der Waals surface area contributed by atoms with Crippen molar-refractivity contribution in [2.24, 2.45) is 16.7 Å². The third-order valence-electron chi connectivity index (χ3n) is 14.6. The van der Waals surface area contributed by atoms with Gasteiger partial charge in [0.2, 0.25) is 17.7 Å². The molecule has 2 aromatic heterocycles. The van der Waals surface area contributed by atoms with E-state index in [9.17, 15) is 29.1 Å². The van der Waals surface area contributed by atoms with Gasteiger partial charge in [-0.15, -0.1) is 0 Å². The van der Waals surface area contributed by atoms with Crippen LogP contribution < -0.4 is 16.1 Å². The number of carbonyl (C=O) groups excluding carboxylic acids is 5. The molecule has 15 heteroatoms. The van der Waals surface area contributed by atoms with Crippen molar-refractivity contribution in [3.8, 4) is 28.1 Å². The summed E-state index contributed by atoms with van der Waals surface area (Å²) in [5.74, 6) is -1.61. The summed E-state index contributed by atoms with van der Waals surface area (Å²) in [6.45, 7) is 17.4. The normalized spacial score (nSPS) is 24.7. The lowest BCUT2D eigenvalue weighted by atomic mass is 9.83. The highest BCUT2D eigenvalue weighted by Gasteiger charge is 2.55. The van der Waals surface area contributed by atoms with E-state index >= 15 is 0 Å². The smallest absolute Gasteiger partial charge is 0.324 e. The number of pyridine rings is 1. The van der Waals surface area contributed by atoms with Gasteiger partial charge in [0.15, 0.2) is 0 Å². The Labute approximate surface area is 392 Å². The van der Waals surface area contributed by atoms with E-state index in [4.69, 9.17) is 9.72 Å². The third kappa shape index (κ3) is 8.92. The summed E-state index contributed by atoms with van der Waals surface area (Å²) in [7, 11) is 0. The van der Waals surface area contributed by atoms with Gasteiger partial charge in [0.05, 0.1) is 29.5 Å². The average Bonchev–Trinajstić information content (AvgIpc) is 3.90. The van der Waals surface area contributed by atoms with Gasteiger partial charge in [-0.2, -0.15) is 0 Å². The second kappa shape index (κ2) is 18.0. The number of hydrogen-bond donors (Lipinski definition) is 4. The van der Waals surface area contributed by atoms with Crippen molar-refractivity contribution in [3.05, 3.63) is 71.5 Å². The van der Waals surface area contributed by atoms with Crippen molar-refractivity contribution in [1.82, 2.24) is 40.4 Å². The SMILES string of the molecule is CCn1c(-c2cccnc2C(C)C)c2c3cc(ccc31)-c1cc(O)cc(c1)C[C@H](NC(=O)[C@H](C(C)C)N1CCC3(CCN(C(=O)[C@H]4CN4)C3)C1=O)C(=O)N1CCC[C@H](N1)C(=O)OCC(C)(C)C2. The quantitative estimate of drug-likeness (QED) is 0.133. The number of nitrogens with zero attached hydrogens (tertiary/aromatic N) is 5. The molecule has 0 radical (unpaired) electrons. The summed E-state index contributed by atoms with van der Waals surface area (Å²) in [5, 5.41) is 20.0. The summed E-state index contributed by atoms with van der Waals surface area (Å²) < 4.78 is 8.47. The number of phenols is 1. The molecule has 5 aliphatic heterocycles. The number of hydrazine groups is 1. The molecule has 4 N–H and O–H groups in total. The molecule has 1 unspecified atom stereocenters. The first-order valence-electron chi connectivity index (χ1n) is 24.3. The van der Waals surface area contributed by atoms with E-state index in [2.05, 4.69) is 79.5 Å². The van der Waals surface area contributed by atoms with Crippen LogP contribution in [0, 0.1) is 16.7 Å². The lowest BCUT2D eigenvalue weighted by Gasteiger charge is -2.37. The minimum atomic E-state index is -1.13. The highest BCUT2D eigenvalue weighted by molar-refractivity contribution is 5.97. The maximum absolute atomic E-state index is 14.8. The number of phenolic OH excluding ortho intramolecular Hbond substituents is 1. The van der Waals surface area contributed by atoms with E-state index in [1.807, 2.05) is 32.2 Å². The number of aromatic nitrogens is 2. The molecule has 15 nitrogen and oxygen atoms in total. The molecule has 0 saturated carbocycles. The van der Waals surface area contributed by atoms with Crippen LogP contribution in [0.15, 0.2) is 54.7 Å². The molecule has 5 aliphatic rings. The Morgan fingerprint density at radius 1 is 1.00 bits per heavy atom. The predicted molar refractivity (Wildman–Crippen MR) is 254 cm³/mol. The van der Waals surface area contributed by atoms with Crippen LogP contribution in [-0.2, 0) is 48.1 Å². The summed E-state index contributed by atoms with van der Waals surface area (Å²) in [6, 6.07) is 12.7. The van der Waals surface area contributed by atoms with Crippen molar-refractivity contribution in [3.63, 3.8) is 0 Å². The zero-order valence-corrected chi connectivity index (χ0v) is 40.0. The van der Waals surface area contributed by atoms with Crippen LogP contribution in [0.4, 0.5) is 0 Å². The van der Waals surface area contributed by atoms with Crippen molar-refractivity contribution >= 4 is 40.5 Å². The molecular formula is C52H66N8O7. The lowest BCUT2D eigenvalue weighted by Crippen LogP contribution is -2.62. The lowest BCUT2D eigenvalue weighted by molar-refractivity contribution is -0.155. The Morgan fingerprint density at radius 3 is 2.51 bits per heavy atom. The first-order chi connectivity index (χ1) is 32.0. The fourth-order valence-electron chi connectivity index (χ4n) is 11.2. The van der Waals surface area contributed by atoms with Crippen molar-refractivity contribution < 1.29 is 33.8 Å². The summed E-state index contributed by atoms with van der Waals surface area (Å²) in [5.41, 5.74) is 9.42. The van der Waals surface area contributed by atoms with E-state index in [1.54, 1.807) is 21.9 Å². The Balaban J connectivity index is 1.09. The molecule has 4 aromatic rings. The van der Waals surface area contributed by atoms with Gasteiger partial charge in [0.1, 0.15) is 23.9 Å². The van der Waals surface area contributed by atoms with Crippen LogP contribution >= 0.6 is 0 Å². The number of fused-ring (bicyclic) bond motifs is 6. The van der Waals surface area contributed by atoms with Crippen LogP contribution in [0.3, 0.4) is 0 Å². The first-order valence-corrected chi connectivity index (χ1v) is 24.3. The fourth-order valence-corrected chi connectivity index (χ4v) is 11.2. The molecule has 2 aromatic carbocycles. The van der Waals surface area contributed by atoms with E-state index in [0.717, 1.165) is 44.5 Å². The van der Waals surface area contributed by atoms with E-state index in [-0.39, 0.29) is 48.5 Å². The number of hydrogen-bond acceptors (Lipinski definition) is 10. The van der Waals surface area contributed by atoms with E-state index < -0.39 is 46.7 Å². The largest absolute Gasteiger partial charge is 0.508 e. The molecule has 5 atom stereocenters. The second-order valence-corrected chi connectivity index (χ2v) is 21.0. The monoisotopic (exact) mass is 915 g/mol. The Bertz CT molecular complexity index is 2620. The van der Waals surface area contributed by atoms with Crippen LogP contribution in [0.2, 0.25) is 0 Å². The number of esters is 1. The Kier molecular flexibility index (Phi) is 12.5. The van der Waals surface area contributed by atoms with Crippen LogP contribution in [-0.4, -0.2) is 123 Å². The van der Waals surface area contributed by atoms with Crippen LogP contribution in [0.1, 0.15) is 96.9 Å². The second-order valence-electron chi connectivity index (χ2n) is 21.0. The predicted octanol–water partition coefficient (Wildman–Crippen LogP) is 5.32. The van der Waals surface area contributed by atoms with Crippen LogP contribution in [0.25, 0.3) is 33.3 Å². The molecule has 4 saturated heterocycles. The third-order valence-corrected chi connectivity index (χ3v) is 14.6. The number of amides is 4. The molecule has 356 valence electrons. The number of benzene rings is 2. The Hall–Kier alpha value is -5.80. The van der Waals surface area contributed by atoms with Gasteiger partial charge in [0, 0.05) is 73.8 Å². The number of carbonyl (C=O) groups is 5. The van der Waals surface area contributed by atoms with Gasteiger partial charge in [-0.25, -0.2) is 5.43 Å². The molecular weight excluding hydrogens is 849 g/mol. The van der Waals surface area contributed by atoms with Gasteiger partial charge >= 0.3 is 5.97 Å². The van der Waals surface area contributed by atoms with Gasteiger partial charge in [-0.05, 0) is 110 Å². The molecule has 9 rings (SSSR count). The fraction of sp³-hybridized carbons (Fsp3) is 0.538. The van der Waals surface area contributed by atoms with Gasteiger partial charge in [0.25, 0.3) is 5.91 Å². The number of likely N-dealkylation sites (tertiary alicyclic amines) is 2. The minimum Gasteiger partial charge on any atom is -0.508 e. The number of ether oxygens (including phenoxy) is 1.